The van der Waals surface area contributed by atoms with Crippen molar-refractivity contribution in [3.05, 3.63) is 122 Å². The molecule has 1 unspecified atom stereocenters. The average molecular weight is 594 g/mol. The van der Waals surface area contributed by atoms with Crippen LogP contribution in [0.3, 0.4) is 0 Å². The van der Waals surface area contributed by atoms with Crippen LogP contribution in [0.4, 0.5) is 17.1 Å². The van der Waals surface area contributed by atoms with Crippen LogP contribution >= 0.6 is 0 Å². The highest BCUT2D eigenvalue weighted by Crippen LogP contribution is 2.37. The van der Waals surface area contributed by atoms with Crippen molar-refractivity contribution in [1.82, 2.24) is 0 Å². The smallest absolute Gasteiger partial charge is 0.333 e. The standard InChI is InChI=1S/C36H35NO7/c1-6-35(38)44-34(24-43-36(39)25(2)3)23-42-33-17-9-27(10-18-33)26-7-11-28(12-8-26)37(29-13-19-31(40-4)20-14-29)30-15-21-32(41-5)22-16-30/h6-22,34H,1-2,23-24H2,3-5H3. The summed E-state index contributed by atoms with van der Waals surface area (Å²) < 4.78 is 26.9. The third-order valence-corrected chi connectivity index (χ3v) is 6.61. The number of benzene rings is 4. The summed E-state index contributed by atoms with van der Waals surface area (Å²) in [4.78, 5) is 25.6. The van der Waals surface area contributed by atoms with Gasteiger partial charge in [-0.3, -0.25) is 0 Å². The number of anilines is 3. The lowest BCUT2D eigenvalue weighted by atomic mass is 10.0. The molecule has 4 aromatic rings. The Morgan fingerprint density at radius 3 is 1.57 bits per heavy atom. The molecule has 0 N–H and O–H groups in total. The molecule has 0 aliphatic carbocycles. The monoisotopic (exact) mass is 593 g/mol. The van der Waals surface area contributed by atoms with Crippen molar-refractivity contribution in [2.45, 2.75) is 13.0 Å². The summed E-state index contributed by atoms with van der Waals surface area (Å²) in [6, 6.07) is 31.6. The van der Waals surface area contributed by atoms with Gasteiger partial charge in [-0.1, -0.05) is 37.4 Å². The second-order valence-electron chi connectivity index (χ2n) is 9.76. The largest absolute Gasteiger partial charge is 0.497 e. The molecule has 1 atom stereocenters. The van der Waals surface area contributed by atoms with Gasteiger partial charge in [-0.15, -0.1) is 0 Å². The first-order valence-corrected chi connectivity index (χ1v) is 13.9. The van der Waals surface area contributed by atoms with Crippen LogP contribution in [0, 0.1) is 0 Å². The third-order valence-electron chi connectivity index (χ3n) is 6.61. The fraction of sp³-hybridized carbons (Fsp3) is 0.167. The molecule has 0 saturated carbocycles. The number of hydrogen-bond donors (Lipinski definition) is 0. The van der Waals surface area contributed by atoms with E-state index in [1.807, 2.05) is 72.8 Å². The molecule has 4 rings (SSSR count). The molecule has 0 amide bonds. The zero-order valence-corrected chi connectivity index (χ0v) is 25.0. The van der Waals surface area contributed by atoms with Gasteiger partial charge < -0.3 is 28.6 Å². The first-order chi connectivity index (χ1) is 21.3. The number of carbonyl (C=O) groups excluding carboxylic acids is 2. The average Bonchev–Trinajstić information content (AvgIpc) is 3.07. The molecule has 0 spiro atoms. The van der Waals surface area contributed by atoms with Gasteiger partial charge in [0.05, 0.1) is 14.2 Å². The molecule has 8 nitrogen and oxygen atoms in total. The van der Waals surface area contributed by atoms with Crippen molar-refractivity contribution in [2.24, 2.45) is 0 Å². The van der Waals surface area contributed by atoms with Crippen molar-refractivity contribution >= 4 is 29.0 Å². The Balaban J connectivity index is 1.48. The molecule has 0 heterocycles. The molecule has 0 fully saturated rings. The number of ether oxygens (including phenoxy) is 5. The first kappa shape index (κ1) is 31.4. The van der Waals surface area contributed by atoms with Crippen LogP contribution in [-0.2, 0) is 19.1 Å². The first-order valence-electron chi connectivity index (χ1n) is 13.9. The Kier molecular flexibility index (Phi) is 10.8. The Morgan fingerprint density at radius 2 is 1.14 bits per heavy atom. The van der Waals surface area contributed by atoms with E-state index < -0.39 is 18.0 Å². The Bertz CT molecular complexity index is 1510. The van der Waals surface area contributed by atoms with Crippen molar-refractivity contribution in [3.63, 3.8) is 0 Å². The van der Waals surface area contributed by atoms with Crippen LogP contribution in [0.1, 0.15) is 6.92 Å². The van der Waals surface area contributed by atoms with Crippen molar-refractivity contribution in [2.75, 3.05) is 32.3 Å². The van der Waals surface area contributed by atoms with Crippen molar-refractivity contribution in [1.29, 1.82) is 0 Å². The number of nitrogens with zero attached hydrogens (tertiary/aromatic N) is 1. The zero-order chi connectivity index (χ0) is 31.5. The summed E-state index contributed by atoms with van der Waals surface area (Å²) in [6.07, 6.45) is 0.233. The van der Waals surface area contributed by atoms with E-state index in [1.165, 1.54) is 6.92 Å². The second-order valence-corrected chi connectivity index (χ2v) is 9.76. The van der Waals surface area contributed by atoms with Gasteiger partial charge in [0.1, 0.15) is 30.5 Å². The molecule has 0 radical (unpaired) electrons. The number of esters is 2. The van der Waals surface area contributed by atoms with Crippen LogP contribution < -0.4 is 19.1 Å². The lowest BCUT2D eigenvalue weighted by Crippen LogP contribution is -2.30. The minimum absolute atomic E-state index is 0.0103. The minimum Gasteiger partial charge on any atom is -0.497 e. The molecule has 0 aliphatic rings. The van der Waals surface area contributed by atoms with Gasteiger partial charge in [-0.25, -0.2) is 9.59 Å². The van der Waals surface area contributed by atoms with E-state index in [1.54, 1.807) is 14.2 Å². The Morgan fingerprint density at radius 1 is 0.705 bits per heavy atom. The summed E-state index contributed by atoms with van der Waals surface area (Å²) in [5.74, 6) is 0.926. The fourth-order valence-electron chi connectivity index (χ4n) is 4.27. The lowest BCUT2D eigenvalue weighted by molar-refractivity contribution is -0.154. The highest BCUT2D eigenvalue weighted by atomic mass is 16.6. The number of rotatable bonds is 14. The molecule has 0 aliphatic heterocycles. The SMILES string of the molecule is C=CC(=O)OC(COC(=O)C(=C)C)COc1ccc(-c2ccc(N(c3ccc(OC)cc3)c3ccc(OC)cc3)cc2)cc1. The van der Waals surface area contributed by atoms with Gasteiger partial charge in [-0.05, 0) is 90.8 Å². The van der Waals surface area contributed by atoms with E-state index in [9.17, 15) is 9.59 Å². The lowest BCUT2D eigenvalue weighted by Gasteiger charge is -2.26. The summed E-state index contributed by atoms with van der Waals surface area (Å²) in [5.41, 5.74) is 5.21. The topological polar surface area (TPSA) is 83.5 Å². The van der Waals surface area contributed by atoms with Crippen molar-refractivity contribution < 1.29 is 33.3 Å². The van der Waals surface area contributed by atoms with E-state index >= 15 is 0 Å². The van der Waals surface area contributed by atoms with E-state index in [4.69, 9.17) is 23.7 Å². The molecule has 0 bridgehead atoms. The van der Waals surface area contributed by atoms with E-state index in [2.05, 4.69) is 42.3 Å². The number of carbonyl (C=O) groups is 2. The van der Waals surface area contributed by atoms with E-state index in [0.717, 1.165) is 45.8 Å². The predicted octanol–water partition coefficient (Wildman–Crippen LogP) is 7.44. The molecular weight excluding hydrogens is 558 g/mol. The molecule has 226 valence electrons. The molecular formula is C36H35NO7. The van der Waals surface area contributed by atoms with Crippen LogP contribution in [-0.4, -0.2) is 45.5 Å². The van der Waals surface area contributed by atoms with Gasteiger partial charge in [-0.2, -0.15) is 0 Å². The Labute approximate surface area is 257 Å². The molecule has 8 heteroatoms. The molecule has 0 saturated heterocycles. The molecule has 4 aromatic carbocycles. The summed E-state index contributed by atoms with van der Waals surface area (Å²) in [5, 5.41) is 0. The van der Waals surface area contributed by atoms with Gasteiger partial charge >= 0.3 is 11.9 Å². The minimum atomic E-state index is -0.810. The molecule has 44 heavy (non-hydrogen) atoms. The Hall–Kier alpha value is -5.50. The summed E-state index contributed by atoms with van der Waals surface area (Å²) >= 11 is 0. The zero-order valence-electron chi connectivity index (χ0n) is 25.0. The fourth-order valence-corrected chi connectivity index (χ4v) is 4.27. The summed E-state index contributed by atoms with van der Waals surface area (Å²) in [6.45, 7) is 8.31. The number of hydrogen-bond acceptors (Lipinski definition) is 8. The van der Waals surface area contributed by atoms with E-state index in [-0.39, 0.29) is 18.8 Å². The predicted molar refractivity (Wildman–Crippen MR) is 171 cm³/mol. The maximum absolute atomic E-state index is 11.8. The maximum atomic E-state index is 11.8. The quantitative estimate of drug-likeness (QED) is 0.110. The van der Waals surface area contributed by atoms with Gasteiger partial charge in [0.15, 0.2) is 6.10 Å². The second kappa shape index (κ2) is 15.1. The molecule has 0 aromatic heterocycles. The van der Waals surface area contributed by atoms with Gasteiger partial charge in [0, 0.05) is 28.7 Å². The highest BCUT2D eigenvalue weighted by Gasteiger charge is 2.18. The van der Waals surface area contributed by atoms with Gasteiger partial charge in [0.2, 0.25) is 0 Å². The van der Waals surface area contributed by atoms with E-state index in [0.29, 0.717) is 5.75 Å². The van der Waals surface area contributed by atoms with Crippen LogP contribution in [0.5, 0.6) is 17.2 Å². The summed E-state index contributed by atoms with van der Waals surface area (Å²) in [7, 11) is 3.30. The van der Waals surface area contributed by atoms with Gasteiger partial charge in [0.25, 0.3) is 0 Å². The van der Waals surface area contributed by atoms with Crippen LogP contribution in [0.15, 0.2) is 122 Å². The van der Waals surface area contributed by atoms with Crippen LogP contribution in [0.25, 0.3) is 11.1 Å². The normalized spacial score (nSPS) is 11.1. The maximum Gasteiger partial charge on any atom is 0.333 e. The highest BCUT2D eigenvalue weighted by molar-refractivity contribution is 5.87. The number of methoxy groups -OCH3 is 2. The van der Waals surface area contributed by atoms with Crippen LogP contribution in [0.2, 0.25) is 0 Å². The third kappa shape index (κ3) is 8.29. The van der Waals surface area contributed by atoms with Crippen molar-refractivity contribution in [3.8, 4) is 28.4 Å².